The molecule has 0 aliphatic heterocycles. The minimum Gasteiger partial charge on any atom is -0.456 e. The Labute approximate surface area is 348 Å². The van der Waals surface area contributed by atoms with Crippen LogP contribution in [0.3, 0.4) is 0 Å². The van der Waals surface area contributed by atoms with Crippen LogP contribution in [0.2, 0.25) is 0 Å². The van der Waals surface area contributed by atoms with E-state index < -0.39 is 0 Å². The summed E-state index contributed by atoms with van der Waals surface area (Å²) >= 11 is 0. The van der Waals surface area contributed by atoms with Gasteiger partial charge >= 0.3 is 0 Å². The Bertz CT molecular complexity index is 3360. The third-order valence-corrected chi connectivity index (χ3v) is 11.6. The van der Waals surface area contributed by atoms with Gasteiger partial charge < -0.3 is 8.98 Å². The molecule has 286 valence electrons. The van der Waals surface area contributed by atoms with E-state index in [-0.39, 0.29) is 0 Å². The van der Waals surface area contributed by atoms with Crippen molar-refractivity contribution in [3.63, 3.8) is 0 Å². The maximum absolute atomic E-state index is 6.29. The van der Waals surface area contributed by atoms with Crippen molar-refractivity contribution in [2.24, 2.45) is 0 Å². The number of fused-ring (bicyclic) bond motifs is 6. The summed E-state index contributed by atoms with van der Waals surface area (Å²) in [5, 5.41) is 4.65. The summed E-state index contributed by atoms with van der Waals surface area (Å²) in [5.74, 6) is 1.95. The van der Waals surface area contributed by atoms with Crippen LogP contribution >= 0.6 is 0 Å². The van der Waals surface area contributed by atoms with Gasteiger partial charge in [0.05, 0.1) is 16.7 Å². The predicted molar refractivity (Wildman–Crippen MR) is 247 cm³/mol. The van der Waals surface area contributed by atoms with E-state index in [0.29, 0.717) is 17.5 Å². The van der Waals surface area contributed by atoms with Crippen molar-refractivity contribution in [1.29, 1.82) is 0 Å². The van der Waals surface area contributed by atoms with Crippen molar-refractivity contribution in [3.05, 3.63) is 194 Å². The molecule has 0 unspecified atom stereocenters. The highest BCUT2D eigenvalue weighted by Gasteiger charge is 2.20. The molecule has 3 aromatic heterocycles. The lowest BCUT2D eigenvalue weighted by atomic mass is 9.99. The Hall–Kier alpha value is -7.63. The van der Waals surface area contributed by atoms with Crippen LogP contribution < -0.4 is 0 Å². The van der Waals surface area contributed by atoms with Crippen LogP contribution in [0.25, 0.3) is 106 Å². The molecule has 5 heteroatoms. The zero-order valence-corrected chi connectivity index (χ0v) is 33.2. The van der Waals surface area contributed by atoms with Crippen molar-refractivity contribution in [1.82, 2.24) is 19.5 Å². The Morgan fingerprint density at radius 1 is 0.417 bits per heavy atom. The van der Waals surface area contributed by atoms with Gasteiger partial charge in [-0.2, -0.15) is 0 Å². The van der Waals surface area contributed by atoms with E-state index in [0.717, 1.165) is 96.9 Å². The average Bonchev–Trinajstić information content (AvgIpc) is 3.86. The lowest BCUT2D eigenvalue weighted by Crippen LogP contribution is -2.02. The van der Waals surface area contributed by atoms with Crippen LogP contribution in [-0.4, -0.2) is 19.5 Å². The number of furan rings is 1. The predicted octanol–water partition coefficient (Wildman–Crippen LogP) is 14.5. The average molecular weight is 773 g/mol. The van der Waals surface area contributed by atoms with E-state index in [1.165, 1.54) is 16.3 Å². The minimum absolute atomic E-state index is 0.634. The lowest BCUT2D eigenvalue weighted by Gasteiger charge is -2.16. The van der Waals surface area contributed by atoms with Gasteiger partial charge in [0.15, 0.2) is 17.5 Å². The quantitative estimate of drug-likeness (QED) is 0.147. The van der Waals surface area contributed by atoms with Crippen LogP contribution in [0.15, 0.2) is 192 Å². The first-order valence-electron chi connectivity index (χ1n) is 20.7. The molecule has 0 fully saturated rings. The van der Waals surface area contributed by atoms with Gasteiger partial charge in [0.25, 0.3) is 0 Å². The van der Waals surface area contributed by atoms with Crippen molar-refractivity contribution in [2.75, 3.05) is 0 Å². The van der Waals surface area contributed by atoms with Gasteiger partial charge in [0.1, 0.15) is 11.2 Å². The van der Waals surface area contributed by atoms with Crippen molar-refractivity contribution >= 4 is 43.7 Å². The summed E-state index contributed by atoms with van der Waals surface area (Å²) in [6.07, 6.45) is 3.31. The minimum atomic E-state index is 0.634. The van der Waals surface area contributed by atoms with Crippen LogP contribution in [0.4, 0.5) is 0 Å². The van der Waals surface area contributed by atoms with Crippen LogP contribution in [0.5, 0.6) is 0 Å². The third-order valence-electron chi connectivity index (χ3n) is 11.6. The monoisotopic (exact) mass is 772 g/mol. The number of benzene rings is 8. The topological polar surface area (TPSA) is 56.7 Å². The smallest absolute Gasteiger partial charge is 0.164 e. The van der Waals surface area contributed by atoms with Crippen LogP contribution in [-0.2, 0) is 6.42 Å². The summed E-state index contributed by atoms with van der Waals surface area (Å²) in [5.41, 5.74) is 13.8. The fraction of sp³-hybridized carbons (Fsp3) is 0.0727. The zero-order chi connectivity index (χ0) is 40.0. The fourth-order valence-electron chi connectivity index (χ4n) is 8.63. The van der Waals surface area contributed by atoms with Gasteiger partial charge in [-0.3, -0.25) is 0 Å². The number of aryl methyl sites for hydroxylation is 1. The molecule has 0 bridgehead atoms. The largest absolute Gasteiger partial charge is 0.456 e. The number of aromatic nitrogens is 4. The Morgan fingerprint density at radius 3 is 1.82 bits per heavy atom. The first-order chi connectivity index (χ1) is 29.7. The standard InChI is InChI=1S/C55H40N4O/c1-2-3-15-36-16-14-21-41(32-36)54-56-53(38-19-8-5-9-20-38)57-55(58-54)42-28-31-49(46(34-42)37-17-6-4-7-18-37)59-48-24-12-10-22-43(48)47-33-39(27-30-50(47)59)40-26-29-45-44-23-11-13-25-51(44)60-52(45)35-40/h4-14,16-35H,2-3,15H2,1H3. The highest BCUT2D eigenvalue weighted by molar-refractivity contribution is 6.11. The molecule has 0 spiro atoms. The third kappa shape index (κ3) is 6.32. The van der Waals surface area contributed by atoms with Gasteiger partial charge in [-0.1, -0.05) is 141 Å². The maximum Gasteiger partial charge on any atom is 0.164 e. The summed E-state index contributed by atoms with van der Waals surface area (Å²) in [6, 6.07) is 66.4. The molecule has 0 saturated carbocycles. The Balaban J connectivity index is 1.08. The van der Waals surface area contributed by atoms with E-state index in [4.69, 9.17) is 19.4 Å². The van der Waals surface area contributed by atoms with Crippen molar-refractivity contribution in [2.45, 2.75) is 26.2 Å². The number of para-hydroxylation sites is 2. The summed E-state index contributed by atoms with van der Waals surface area (Å²) in [6.45, 7) is 2.23. The first-order valence-corrected chi connectivity index (χ1v) is 20.7. The number of hydrogen-bond donors (Lipinski definition) is 0. The second-order valence-electron chi connectivity index (χ2n) is 15.5. The molecule has 0 radical (unpaired) electrons. The van der Waals surface area contributed by atoms with Gasteiger partial charge in [-0.25, -0.2) is 15.0 Å². The molecule has 0 N–H and O–H groups in total. The molecular weight excluding hydrogens is 733 g/mol. The fourth-order valence-corrected chi connectivity index (χ4v) is 8.63. The summed E-state index contributed by atoms with van der Waals surface area (Å²) in [7, 11) is 0. The van der Waals surface area contributed by atoms with Crippen molar-refractivity contribution in [3.8, 4) is 62.1 Å². The van der Waals surface area contributed by atoms with E-state index in [1.54, 1.807) is 0 Å². The first kappa shape index (κ1) is 35.5. The summed E-state index contributed by atoms with van der Waals surface area (Å²) in [4.78, 5) is 15.4. The number of unbranched alkanes of at least 4 members (excludes halogenated alkanes) is 1. The van der Waals surface area contributed by atoms with E-state index in [2.05, 4.69) is 169 Å². The number of nitrogens with zero attached hydrogens (tertiary/aromatic N) is 4. The highest BCUT2D eigenvalue weighted by Crippen LogP contribution is 2.40. The lowest BCUT2D eigenvalue weighted by molar-refractivity contribution is 0.669. The molecule has 8 aromatic carbocycles. The molecule has 0 amide bonds. The molecule has 0 atom stereocenters. The van der Waals surface area contributed by atoms with Gasteiger partial charge in [-0.15, -0.1) is 0 Å². The molecule has 60 heavy (non-hydrogen) atoms. The molecular formula is C55H40N4O. The van der Waals surface area contributed by atoms with E-state index >= 15 is 0 Å². The number of hydrogen-bond acceptors (Lipinski definition) is 4. The molecule has 11 aromatic rings. The van der Waals surface area contributed by atoms with Gasteiger partial charge in [0.2, 0.25) is 0 Å². The SMILES string of the molecule is CCCCc1cccc(-c2nc(-c3ccccc3)nc(-c3ccc(-n4c5ccccc5c5cc(-c6ccc7c(c6)oc6ccccc67)ccc54)c(-c4ccccc4)c3)n2)c1. The maximum atomic E-state index is 6.29. The van der Waals surface area contributed by atoms with E-state index in [9.17, 15) is 0 Å². The second-order valence-corrected chi connectivity index (χ2v) is 15.5. The Morgan fingerprint density at radius 2 is 1.02 bits per heavy atom. The Kier molecular flexibility index (Phi) is 8.85. The molecule has 11 rings (SSSR count). The zero-order valence-electron chi connectivity index (χ0n) is 33.2. The van der Waals surface area contributed by atoms with Crippen LogP contribution in [0.1, 0.15) is 25.3 Å². The molecule has 0 saturated heterocycles. The summed E-state index contributed by atoms with van der Waals surface area (Å²) < 4.78 is 8.69. The van der Waals surface area contributed by atoms with Gasteiger partial charge in [-0.05, 0) is 95.8 Å². The van der Waals surface area contributed by atoms with E-state index in [1.807, 2.05) is 30.3 Å². The molecule has 0 aliphatic carbocycles. The second kappa shape index (κ2) is 14.9. The molecule has 0 aliphatic rings. The molecule has 3 heterocycles. The van der Waals surface area contributed by atoms with Gasteiger partial charge in [0, 0.05) is 43.8 Å². The highest BCUT2D eigenvalue weighted by atomic mass is 16.3. The molecule has 5 nitrogen and oxygen atoms in total. The number of rotatable bonds is 9. The van der Waals surface area contributed by atoms with Crippen molar-refractivity contribution < 1.29 is 4.42 Å². The normalized spacial score (nSPS) is 11.6. The van der Waals surface area contributed by atoms with Crippen LogP contribution in [0, 0.1) is 0 Å².